The number of nitro groups is 1. The van der Waals surface area contributed by atoms with Crippen LogP contribution in [0.5, 0.6) is 0 Å². The van der Waals surface area contributed by atoms with Crippen LogP contribution in [-0.2, 0) is 11.3 Å². The molecular weight excluding hydrogens is 336 g/mol. The Morgan fingerprint density at radius 1 is 1.04 bits per heavy atom. The van der Waals surface area contributed by atoms with Crippen LogP contribution in [0.15, 0.2) is 47.3 Å². The van der Waals surface area contributed by atoms with Gasteiger partial charge in [0.05, 0.1) is 21.6 Å². The molecule has 0 fully saturated rings. The van der Waals surface area contributed by atoms with Crippen LogP contribution < -0.4 is 5.56 Å². The highest BCUT2D eigenvalue weighted by Gasteiger charge is 2.32. The molecule has 1 heterocycles. The van der Waals surface area contributed by atoms with Gasteiger partial charge in [-0.2, -0.15) is 0 Å². The molecule has 128 valence electrons. The van der Waals surface area contributed by atoms with Crippen LogP contribution in [0, 0.1) is 10.1 Å². The lowest BCUT2D eigenvalue weighted by molar-refractivity contribution is -0.384. The molecule has 0 aliphatic heterocycles. The lowest BCUT2D eigenvalue weighted by atomic mass is 10.0. The molecule has 1 aromatic heterocycles. The highest BCUT2D eigenvalue weighted by molar-refractivity contribution is 6.26. The second kappa shape index (κ2) is 5.73. The van der Waals surface area contributed by atoms with Gasteiger partial charge in [-0.15, -0.1) is 0 Å². The van der Waals surface area contributed by atoms with E-state index in [1.807, 2.05) is 0 Å². The van der Waals surface area contributed by atoms with Crippen LogP contribution in [0.25, 0.3) is 22.0 Å². The summed E-state index contributed by atoms with van der Waals surface area (Å²) in [6.07, 6.45) is 0.794. The van der Waals surface area contributed by atoms with E-state index in [2.05, 4.69) is 0 Å². The number of ketones is 1. The molecule has 0 N–H and O–H groups in total. The first-order valence-electron chi connectivity index (χ1n) is 7.97. The van der Waals surface area contributed by atoms with Crippen molar-refractivity contribution in [3.8, 4) is 11.3 Å². The number of carbonyl (C=O) groups excluding carboxylic acids is 2. The fourth-order valence-corrected chi connectivity index (χ4v) is 3.48. The van der Waals surface area contributed by atoms with E-state index in [1.165, 1.54) is 22.8 Å². The third-order valence-corrected chi connectivity index (χ3v) is 4.59. The molecule has 3 aromatic rings. The largest absolute Gasteiger partial charge is 0.307 e. The standard InChI is InChI=1S/C19H12N2O5/c22-9-3-8-20-17-13-4-1-2-5-14(13)18(23)16(17)12-7-6-11(21(25)26)10-15(12)19(20)24/h1-2,4-7,9-10H,3,8H2. The summed E-state index contributed by atoms with van der Waals surface area (Å²) in [5, 5.41) is 11.6. The van der Waals surface area contributed by atoms with Gasteiger partial charge >= 0.3 is 0 Å². The quantitative estimate of drug-likeness (QED) is 0.321. The summed E-state index contributed by atoms with van der Waals surface area (Å²) in [6, 6.07) is 10.9. The molecule has 1 aliphatic carbocycles. The number of non-ortho nitro benzene ring substituents is 1. The normalized spacial score (nSPS) is 12.1. The molecule has 0 atom stereocenters. The first-order chi connectivity index (χ1) is 12.5. The maximum Gasteiger partial charge on any atom is 0.270 e. The Balaban J connectivity index is 2.16. The van der Waals surface area contributed by atoms with Gasteiger partial charge in [-0.3, -0.25) is 19.7 Å². The van der Waals surface area contributed by atoms with Crippen molar-refractivity contribution in [3.63, 3.8) is 0 Å². The number of aromatic nitrogens is 1. The number of nitrogens with zero attached hydrogens (tertiary/aromatic N) is 2. The molecular formula is C19H12N2O5. The minimum atomic E-state index is -0.585. The van der Waals surface area contributed by atoms with Crippen LogP contribution in [0.4, 0.5) is 5.69 Å². The average Bonchev–Trinajstić information content (AvgIpc) is 2.94. The van der Waals surface area contributed by atoms with Gasteiger partial charge in [-0.05, 0) is 6.07 Å². The molecule has 0 saturated heterocycles. The van der Waals surface area contributed by atoms with Crippen molar-refractivity contribution in [2.24, 2.45) is 0 Å². The fraction of sp³-hybridized carbons (Fsp3) is 0.105. The maximum absolute atomic E-state index is 13.0. The summed E-state index contributed by atoms with van der Waals surface area (Å²) < 4.78 is 1.37. The molecule has 0 radical (unpaired) electrons. The number of benzene rings is 2. The molecule has 7 nitrogen and oxygen atoms in total. The number of carbonyl (C=O) groups is 2. The molecule has 4 rings (SSSR count). The molecule has 0 amide bonds. The van der Waals surface area contributed by atoms with Gasteiger partial charge in [0.15, 0.2) is 5.78 Å². The van der Waals surface area contributed by atoms with Gasteiger partial charge in [-0.25, -0.2) is 0 Å². The molecule has 0 spiro atoms. The topological polar surface area (TPSA) is 99.3 Å². The van der Waals surface area contributed by atoms with Gasteiger partial charge in [0.1, 0.15) is 6.29 Å². The van der Waals surface area contributed by atoms with E-state index in [0.29, 0.717) is 34.1 Å². The van der Waals surface area contributed by atoms with Crippen molar-refractivity contribution in [2.45, 2.75) is 13.0 Å². The van der Waals surface area contributed by atoms with Crippen molar-refractivity contribution in [2.75, 3.05) is 0 Å². The van der Waals surface area contributed by atoms with Crippen molar-refractivity contribution < 1.29 is 14.5 Å². The van der Waals surface area contributed by atoms with Gasteiger partial charge in [0.25, 0.3) is 11.2 Å². The third kappa shape index (κ3) is 2.10. The van der Waals surface area contributed by atoms with Crippen LogP contribution in [0.3, 0.4) is 0 Å². The second-order valence-electron chi connectivity index (χ2n) is 6.00. The number of hydrogen-bond donors (Lipinski definition) is 0. The third-order valence-electron chi connectivity index (χ3n) is 4.59. The predicted molar refractivity (Wildman–Crippen MR) is 94.4 cm³/mol. The molecule has 0 saturated carbocycles. The first-order valence-corrected chi connectivity index (χ1v) is 7.97. The Labute approximate surface area is 146 Å². The lowest BCUT2D eigenvalue weighted by Gasteiger charge is -2.14. The smallest absolute Gasteiger partial charge is 0.270 e. The summed E-state index contributed by atoms with van der Waals surface area (Å²) in [4.78, 5) is 47.3. The lowest BCUT2D eigenvalue weighted by Crippen LogP contribution is -2.23. The predicted octanol–water partition coefficient (Wildman–Crippen LogP) is 2.71. The zero-order valence-corrected chi connectivity index (χ0v) is 13.5. The van der Waals surface area contributed by atoms with Crippen LogP contribution in [0.2, 0.25) is 0 Å². The summed E-state index contributed by atoms with van der Waals surface area (Å²) in [7, 11) is 0. The number of rotatable bonds is 4. The Morgan fingerprint density at radius 2 is 1.77 bits per heavy atom. The van der Waals surface area contributed by atoms with Crippen molar-refractivity contribution >= 4 is 28.5 Å². The zero-order valence-electron chi connectivity index (χ0n) is 13.5. The summed E-state index contributed by atoms with van der Waals surface area (Å²) in [5.41, 5.74) is 1.26. The highest BCUT2D eigenvalue weighted by Crippen LogP contribution is 2.39. The number of hydrogen-bond acceptors (Lipinski definition) is 5. The Bertz CT molecular complexity index is 1180. The van der Waals surface area contributed by atoms with Crippen molar-refractivity contribution in [3.05, 3.63) is 74.1 Å². The van der Waals surface area contributed by atoms with E-state index in [9.17, 15) is 24.5 Å². The Hall–Kier alpha value is -3.61. The first kappa shape index (κ1) is 15.9. The number of fused-ring (bicyclic) bond motifs is 5. The SMILES string of the molecule is O=CCCn1c2c(c3ccc([N+](=O)[O-])cc3c1=O)C(=O)c1ccccc1-2. The number of pyridine rings is 1. The molecule has 1 aliphatic rings. The summed E-state index contributed by atoms with van der Waals surface area (Å²) in [5.74, 6) is -0.227. The van der Waals surface area contributed by atoms with Crippen LogP contribution in [-0.4, -0.2) is 21.6 Å². The van der Waals surface area contributed by atoms with E-state index < -0.39 is 10.5 Å². The summed E-state index contributed by atoms with van der Waals surface area (Å²) >= 11 is 0. The monoisotopic (exact) mass is 348 g/mol. The van der Waals surface area contributed by atoms with E-state index in [0.717, 1.165) is 0 Å². The van der Waals surface area contributed by atoms with Gasteiger partial charge in [0, 0.05) is 41.6 Å². The Morgan fingerprint density at radius 3 is 2.46 bits per heavy atom. The molecule has 2 aromatic carbocycles. The minimum Gasteiger partial charge on any atom is -0.307 e. The zero-order chi connectivity index (χ0) is 18.4. The second-order valence-corrected chi connectivity index (χ2v) is 6.00. The van der Waals surface area contributed by atoms with Crippen LogP contribution >= 0.6 is 0 Å². The molecule has 0 unspecified atom stereocenters. The average molecular weight is 348 g/mol. The van der Waals surface area contributed by atoms with E-state index in [1.54, 1.807) is 24.3 Å². The van der Waals surface area contributed by atoms with E-state index in [4.69, 9.17) is 0 Å². The highest BCUT2D eigenvalue weighted by atomic mass is 16.6. The van der Waals surface area contributed by atoms with Crippen LogP contribution in [0.1, 0.15) is 22.3 Å². The van der Waals surface area contributed by atoms with E-state index >= 15 is 0 Å². The Kier molecular flexibility index (Phi) is 3.50. The molecule has 0 bridgehead atoms. The fourth-order valence-electron chi connectivity index (χ4n) is 3.48. The van der Waals surface area contributed by atoms with Gasteiger partial charge in [-0.1, -0.05) is 24.3 Å². The number of nitro benzene ring substituents is 1. The summed E-state index contributed by atoms with van der Waals surface area (Å²) in [6.45, 7) is 0.102. The molecule has 7 heteroatoms. The minimum absolute atomic E-state index is 0.100. The van der Waals surface area contributed by atoms with Gasteiger partial charge in [0.2, 0.25) is 0 Å². The van der Waals surface area contributed by atoms with Crippen molar-refractivity contribution in [1.82, 2.24) is 4.57 Å². The van der Waals surface area contributed by atoms with Gasteiger partial charge < -0.3 is 9.36 Å². The van der Waals surface area contributed by atoms with Crippen molar-refractivity contribution in [1.29, 1.82) is 0 Å². The number of aldehydes is 1. The maximum atomic E-state index is 13.0. The molecule has 26 heavy (non-hydrogen) atoms. The van der Waals surface area contributed by atoms with E-state index in [-0.39, 0.29) is 29.8 Å².